The molecule has 12 heavy (non-hydrogen) atoms. The first-order valence-electron chi connectivity index (χ1n) is 4.70. The van der Waals surface area contributed by atoms with Gasteiger partial charge in [-0.05, 0) is 38.5 Å². The van der Waals surface area contributed by atoms with E-state index in [0.29, 0.717) is 12.8 Å². The normalized spacial score (nSPS) is 55.5. The molecule has 0 radical (unpaired) electrons. The van der Waals surface area contributed by atoms with E-state index in [9.17, 15) is 10.2 Å². The Morgan fingerprint density at radius 2 is 1.17 bits per heavy atom. The third-order valence-electron chi connectivity index (χ3n) is 3.56. The van der Waals surface area contributed by atoms with Crippen LogP contribution in [0.5, 0.6) is 0 Å². The maximum Gasteiger partial charge on any atom is 0.0649 e. The first kappa shape index (κ1) is 10.0. The Labute approximate surface area is 74.6 Å². The number of rotatable bonds is 0. The molecule has 1 unspecified atom stereocenters. The summed E-state index contributed by atoms with van der Waals surface area (Å²) in [6.45, 7) is 7.73. The van der Waals surface area contributed by atoms with Gasteiger partial charge in [-0.1, -0.05) is 13.8 Å². The summed E-state index contributed by atoms with van der Waals surface area (Å²) >= 11 is 0. The van der Waals surface area contributed by atoms with Crippen molar-refractivity contribution in [2.75, 3.05) is 0 Å². The topological polar surface area (TPSA) is 40.5 Å². The Hall–Kier alpha value is -0.0800. The average Bonchev–Trinajstić information content (AvgIpc) is 1.82. The fourth-order valence-corrected chi connectivity index (χ4v) is 2.08. The van der Waals surface area contributed by atoms with Crippen LogP contribution >= 0.6 is 0 Å². The zero-order valence-electron chi connectivity index (χ0n) is 8.46. The summed E-state index contributed by atoms with van der Waals surface area (Å²) in [6.07, 6.45) is 1.39. The van der Waals surface area contributed by atoms with Gasteiger partial charge < -0.3 is 10.2 Å². The van der Waals surface area contributed by atoms with Gasteiger partial charge in [0.05, 0.1) is 11.2 Å². The van der Waals surface area contributed by atoms with Crippen LogP contribution in [-0.2, 0) is 0 Å². The summed E-state index contributed by atoms with van der Waals surface area (Å²) in [7, 11) is 0. The van der Waals surface area contributed by atoms with Gasteiger partial charge in [0.25, 0.3) is 0 Å². The van der Waals surface area contributed by atoms with Crippen LogP contribution in [0.15, 0.2) is 0 Å². The molecule has 1 saturated carbocycles. The molecule has 2 N–H and O–H groups in total. The summed E-state index contributed by atoms with van der Waals surface area (Å²) in [6, 6.07) is 0. The van der Waals surface area contributed by atoms with Crippen molar-refractivity contribution in [1.29, 1.82) is 0 Å². The first-order valence-corrected chi connectivity index (χ1v) is 4.70. The monoisotopic (exact) mass is 172 g/mol. The summed E-state index contributed by atoms with van der Waals surface area (Å²) < 4.78 is 0. The minimum atomic E-state index is -0.596. The molecule has 0 spiro atoms. The smallest absolute Gasteiger partial charge is 0.0649 e. The standard InChI is InChI=1S/C10H20O2/c1-7-5-10(4,12)8(2)6-9(7,3)11/h7-8,11-12H,5-6H2,1-4H3/t7-,8?,9+,10-/m1/s1. The molecule has 0 bridgehead atoms. The summed E-state index contributed by atoms with van der Waals surface area (Å²) in [5, 5.41) is 19.9. The Kier molecular flexibility index (Phi) is 2.26. The summed E-state index contributed by atoms with van der Waals surface area (Å²) in [5.41, 5.74) is -1.19. The number of hydrogen-bond donors (Lipinski definition) is 2. The highest BCUT2D eigenvalue weighted by Gasteiger charge is 2.44. The molecular weight excluding hydrogens is 152 g/mol. The maximum atomic E-state index is 9.93. The molecule has 0 aromatic carbocycles. The molecule has 0 saturated heterocycles. The van der Waals surface area contributed by atoms with E-state index in [-0.39, 0.29) is 11.8 Å². The zero-order valence-corrected chi connectivity index (χ0v) is 8.46. The van der Waals surface area contributed by atoms with E-state index in [1.807, 2.05) is 27.7 Å². The molecule has 0 aliphatic heterocycles. The molecule has 2 nitrogen and oxygen atoms in total. The van der Waals surface area contributed by atoms with Crippen molar-refractivity contribution in [3.8, 4) is 0 Å². The number of aliphatic hydroxyl groups is 2. The van der Waals surface area contributed by atoms with E-state index in [4.69, 9.17) is 0 Å². The van der Waals surface area contributed by atoms with Gasteiger partial charge in [-0.3, -0.25) is 0 Å². The third-order valence-corrected chi connectivity index (χ3v) is 3.56. The second kappa shape index (κ2) is 2.71. The minimum absolute atomic E-state index is 0.184. The molecule has 2 heteroatoms. The zero-order chi connectivity index (χ0) is 9.57. The predicted molar refractivity (Wildman–Crippen MR) is 48.8 cm³/mol. The molecule has 72 valence electrons. The summed E-state index contributed by atoms with van der Waals surface area (Å²) in [4.78, 5) is 0. The largest absolute Gasteiger partial charge is 0.390 e. The first-order chi connectivity index (χ1) is 5.26. The Morgan fingerprint density at radius 1 is 0.917 bits per heavy atom. The van der Waals surface area contributed by atoms with Crippen LogP contribution in [0.3, 0.4) is 0 Å². The molecule has 1 fully saturated rings. The van der Waals surface area contributed by atoms with Crippen LogP contribution in [0.4, 0.5) is 0 Å². The van der Waals surface area contributed by atoms with Gasteiger partial charge in [-0.15, -0.1) is 0 Å². The van der Waals surface area contributed by atoms with Crippen molar-refractivity contribution in [3.05, 3.63) is 0 Å². The van der Waals surface area contributed by atoms with Crippen LogP contribution in [-0.4, -0.2) is 21.4 Å². The van der Waals surface area contributed by atoms with E-state index < -0.39 is 11.2 Å². The number of hydrogen-bond acceptors (Lipinski definition) is 2. The lowest BCUT2D eigenvalue weighted by Gasteiger charge is -2.46. The fourth-order valence-electron chi connectivity index (χ4n) is 2.08. The lowest BCUT2D eigenvalue weighted by atomic mass is 9.66. The minimum Gasteiger partial charge on any atom is -0.390 e. The third kappa shape index (κ3) is 1.64. The van der Waals surface area contributed by atoms with Gasteiger partial charge in [0.1, 0.15) is 0 Å². The van der Waals surface area contributed by atoms with E-state index in [0.717, 1.165) is 0 Å². The second-order valence-corrected chi connectivity index (χ2v) is 4.92. The van der Waals surface area contributed by atoms with E-state index in [2.05, 4.69) is 0 Å². The van der Waals surface area contributed by atoms with Crippen molar-refractivity contribution < 1.29 is 10.2 Å². The highest BCUT2D eigenvalue weighted by atomic mass is 16.3. The Morgan fingerprint density at radius 3 is 1.42 bits per heavy atom. The van der Waals surface area contributed by atoms with Gasteiger partial charge in [-0.25, -0.2) is 0 Å². The Balaban J connectivity index is 2.76. The molecule has 1 rings (SSSR count). The molecule has 4 atom stereocenters. The molecule has 1 aliphatic rings. The highest BCUT2D eigenvalue weighted by Crippen LogP contribution is 2.42. The van der Waals surface area contributed by atoms with E-state index in [1.54, 1.807) is 0 Å². The van der Waals surface area contributed by atoms with Gasteiger partial charge in [0.2, 0.25) is 0 Å². The second-order valence-electron chi connectivity index (χ2n) is 4.92. The average molecular weight is 172 g/mol. The lowest BCUT2D eigenvalue weighted by molar-refractivity contribution is -0.130. The SMILES string of the molecule is CC1C[C@](C)(O)[C@H](C)C[C@@]1(C)O. The van der Waals surface area contributed by atoms with Gasteiger partial charge in [-0.2, -0.15) is 0 Å². The van der Waals surface area contributed by atoms with Gasteiger partial charge in [0.15, 0.2) is 0 Å². The molecule has 0 aromatic rings. The molecule has 0 heterocycles. The molecule has 0 aromatic heterocycles. The fraction of sp³-hybridized carbons (Fsp3) is 1.00. The van der Waals surface area contributed by atoms with Crippen molar-refractivity contribution in [1.82, 2.24) is 0 Å². The van der Waals surface area contributed by atoms with Gasteiger partial charge in [0, 0.05) is 0 Å². The van der Waals surface area contributed by atoms with Crippen molar-refractivity contribution in [3.63, 3.8) is 0 Å². The van der Waals surface area contributed by atoms with Gasteiger partial charge >= 0.3 is 0 Å². The quantitative estimate of drug-likeness (QED) is 0.582. The summed E-state index contributed by atoms with van der Waals surface area (Å²) in [5.74, 6) is 0.368. The lowest BCUT2D eigenvalue weighted by Crippen LogP contribution is -2.50. The molecular formula is C10H20O2. The van der Waals surface area contributed by atoms with Crippen molar-refractivity contribution in [2.24, 2.45) is 11.8 Å². The van der Waals surface area contributed by atoms with E-state index >= 15 is 0 Å². The van der Waals surface area contributed by atoms with Crippen LogP contribution < -0.4 is 0 Å². The highest BCUT2D eigenvalue weighted by molar-refractivity contribution is 4.96. The van der Waals surface area contributed by atoms with Crippen molar-refractivity contribution >= 4 is 0 Å². The van der Waals surface area contributed by atoms with Crippen LogP contribution in [0.2, 0.25) is 0 Å². The van der Waals surface area contributed by atoms with Crippen LogP contribution in [0, 0.1) is 11.8 Å². The maximum absolute atomic E-state index is 9.93. The van der Waals surface area contributed by atoms with E-state index in [1.165, 1.54) is 0 Å². The van der Waals surface area contributed by atoms with Crippen molar-refractivity contribution in [2.45, 2.75) is 51.7 Å². The predicted octanol–water partition coefficient (Wildman–Crippen LogP) is 1.55. The van der Waals surface area contributed by atoms with Crippen LogP contribution in [0.1, 0.15) is 40.5 Å². The molecule has 1 aliphatic carbocycles. The molecule has 0 amide bonds. The Bertz CT molecular complexity index is 153. The van der Waals surface area contributed by atoms with Crippen LogP contribution in [0.25, 0.3) is 0 Å².